The van der Waals surface area contributed by atoms with Crippen molar-refractivity contribution in [2.45, 2.75) is 31.3 Å². The molecule has 0 amide bonds. The van der Waals surface area contributed by atoms with Gasteiger partial charge in [0, 0.05) is 0 Å². The Kier molecular flexibility index (Phi) is 2.30. The van der Waals surface area contributed by atoms with Crippen LogP contribution in [-0.4, -0.2) is 20.1 Å². The predicted octanol–water partition coefficient (Wildman–Crippen LogP) is 2.27. The second-order valence-corrected chi connectivity index (χ2v) is 5.87. The molecule has 0 spiro atoms. The van der Waals surface area contributed by atoms with Crippen LogP contribution in [0.3, 0.4) is 0 Å². The molecule has 1 N–H and O–H groups in total. The molecule has 0 aliphatic heterocycles. The van der Waals surface area contributed by atoms with Gasteiger partial charge in [0.2, 0.25) is 0 Å². The van der Waals surface area contributed by atoms with E-state index in [1.807, 2.05) is 30.3 Å². The summed E-state index contributed by atoms with van der Waals surface area (Å²) in [5.41, 5.74) is 1.08. The first kappa shape index (κ1) is 11.2. The van der Waals surface area contributed by atoms with Gasteiger partial charge in [0.15, 0.2) is 0 Å². The van der Waals surface area contributed by atoms with Crippen LogP contribution in [0, 0.1) is 11.8 Å². The van der Waals surface area contributed by atoms with Crippen molar-refractivity contribution in [3.8, 4) is 5.69 Å². The standard InChI is InChI=1S/C15H17N3O/c19-15(9-11-6-7-12(15)8-11)14-10-16-17-18(14)13-4-2-1-3-5-13/h1-5,10-12,19H,6-9H2. The van der Waals surface area contributed by atoms with Crippen LogP contribution in [0.5, 0.6) is 0 Å². The maximum atomic E-state index is 11.1. The van der Waals surface area contributed by atoms with Gasteiger partial charge in [-0.05, 0) is 49.7 Å². The fourth-order valence-corrected chi connectivity index (χ4v) is 3.90. The Morgan fingerprint density at radius 2 is 2.05 bits per heavy atom. The van der Waals surface area contributed by atoms with Gasteiger partial charge >= 0.3 is 0 Å². The van der Waals surface area contributed by atoms with Gasteiger partial charge in [-0.3, -0.25) is 0 Å². The molecule has 2 aliphatic carbocycles. The van der Waals surface area contributed by atoms with Gasteiger partial charge in [-0.25, -0.2) is 4.68 Å². The monoisotopic (exact) mass is 255 g/mol. The lowest BCUT2D eigenvalue weighted by molar-refractivity contribution is -0.0242. The third-order valence-corrected chi connectivity index (χ3v) is 4.81. The minimum Gasteiger partial charge on any atom is -0.383 e. The number of aliphatic hydroxyl groups is 1. The smallest absolute Gasteiger partial charge is 0.111 e. The summed E-state index contributed by atoms with van der Waals surface area (Å²) in [6.07, 6.45) is 6.13. The second kappa shape index (κ2) is 3.90. The molecule has 0 radical (unpaired) electrons. The fourth-order valence-electron chi connectivity index (χ4n) is 3.90. The van der Waals surface area contributed by atoms with E-state index in [2.05, 4.69) is 10.3 Å². The molecule has 1 heterocycles. The molecule has 1 aromatic carbocycles. The first-order chi connectivity index (χ1) is 9.27. The van der Waals surface area contributed by atoms with Crippen molar-refractivity contribution in [3.63, 3.8) is 0 Å². The molecule has 98 valence electrons. The minimum absolute atomic E-state index is 0.374. The Morgan fingerprint density at radius 1 is 1.21 bits per heavy atom. The van der Waals surface area contributed by atoms with Crippen LogP contribution in [0.4, 0.5) is 0 Å². The fraction of sp³-hybridized carbons (Fsp3) is 0.467. The molecular formula is C15H17N3O. The summed E-state index contributed by atoms with van der Waals surface area (Å²) in [5.74, 6) is 1.05. The summed E-state index contributed by atoms with van der Waals surface area (Å²) >= 11 is 0. The van der Waals surface area contributed by atoms with Crippen LogP contribution in [-0.2, 0) is 5.60 Å². The molecule has 2 saturated carbocycles. The number of hydrogen-bond acceptors (Lipinski definition) is 3. The SMILES string of the molecule is OC1(c2cnnn2-c2ccccc2)CC2CCC1C2. The van der Waals surface area contributed by atoms with Gasteiger partial charge in [-0.15, -0.1) is 5.10 Å². The second-order valence-electron chi connectivity index (χ2n) is 5.87. The molecule has 19 heavy (non-hydrogen) atoms. The van der Waals surface area contributed by atoms with Crippen LogP contribution < -0.4 is 0 Å². The molecule has 2 aromatic rings. The maximum Gasteiger partial charge on any atom is 0.111 e. The van der Waals surface area contributed by atoms with Crippen molar-refractivity contribution in [1.82, 2.24) is 15.0 Å². The molecule has 0 saturated heterocycles. The number of para-hydroxylation sites is 1. The van der Waals surface area contributed by atoms with Crippen molar-refractivity contribution < 1.29 is 5.11 Å². The quantitative estimate of drug-likeness (QED) is 0.895. The largest absolute Gasteiger partial charge is 0.383 e. The number of nitrogens with zero attached hydrogens (tertiary/aromatic N) is 3. The summed E-state index contributed by atoms with van der Waals surface area (Å²) < 4.78 is 1.79. The highest BCUT2D eigenvalue weighted by molar-refractivity contribution is 5.33. The molecule has 2 aliphatic rings. The number of aromatic nitrogens is 3. The molecule has 2 bridgehead atoms. The van der Waals surface area contributed by atoms with E-state index in [9.17, 15) is 5.11 Å². The molecule has 4 heteroatoms. The Morgan fingerprint density at radius 3 is 2.74 bits per heavy atom. The summed E-state index contributed by atoms with van der Waals surface area (Å²) in [6.45, 7) is 0. The minimum atomic E-state index is -0.734. The highest BCUT2D eigenvalue weighted by atomic mass is 16.3. The Hall–Kier alpha value is -1.68. The lowest BCUT2D eigenvalue weighted by Crippen LogP contribution is -2.34. The number of hydrogen-bond donors (Lipinski definition) is 1. The highest BCUT2D eigenvalue weighted by Crippen LogP contribution is 2.55. The summed E-state index contributed by atoms with van der Waals surface area (Å²) in [5, 5.41) is 19.3. The molecular weight excluding hydrogens is 238 g/mol. The average Bonchev–Trinajstić information content (AvgIpc) is 3.14. The van der Waals surface area contributed by atoms with Gasteiger partial charge in [0.25, 0.3) is 0 Å². The van der Waals surface area contributed by atoms with E-state index in [0.29, 0.717) is 11.8 Å². The van der Waals surface area contributed by atoms with E-state index in [1.165, 1.54) is 6.42 Å². The third-order valence-electron chi connectivity index (χ3n) is 4.81. The first-order valence-electron chi connectivity index (χ1n) is 6.96. The molecule has 3 unspecified atom stereocenters. The average molecular weight is 255 g/mol. The molecule has 4 rings (SSSR count). The van der Waals surface area contributed by atoms with Crippen molar-refractivity contribution in [2.24, 2.45) is 11.8 Å². The van der Waals surface area contributed by atoms with Crippen LogP contribution in [0.15, 0.2) is 36.5 Å². The lowest BCUT2D eigenvalue weighted by atomic mass is 9.82. The van der Waals surface area contributed by atoms with Crippen molar-refractivity contribution >= 4 is 0 Å². The van der Waals surface area contributed by atoms with E-state index in [1.54, 1.807) is 10.9 Å². The zero-order valence-electron chi connectivity index (χ0n) is 10.7. The van der Waals surface area contributed by atoms with Crippen LogP contribution in [0.2, 0.25) is 0 Å². The first-order valence-corrected chi connectivity index (χ1v) is 6.96. The molecule has 2 fully saturated rings. The summed E-state index contributed by atoms with van der Waals surface area (Å²) in [4.78, 5) is 0. The topological polar surface area (TPSA) is 50.9 Å². The van der Waals surface area contributed by atoms with E-state index < -0.39 is 5.60 Å². The number of rotatable bonds is 2. The van der Waals surface area contributed by atoms with Crippen LogP contribution in [0.25, 0.3) is 5.69 Å². The van der Waals surface area contributed by atoms with Gasteiger partial charge in [-0.1, -0.05) is 23.4 Å². The number of benzene rings is 1. The van der Waals surface area contributed by atoms with Crippen molar-refractivity contribution in [1.29, 1.82) is 0 Å². The highest BCUT2D eigenvalue weighted by Gasteiger charge is 2.52. The van der Waals surface area contributed by atoms with Crippen molar-refractivity contribution in [2.75, 3.05) is 0 Å². The Balaban J connectivity index is 1.79. The van der Waals surface area contributed by atoms with Gasteiger partial charge in [0.05, 0.1) is 17.6 Å². The summed E-state index contributed by atoms with van der Waals surface area (Å²) in [7, 11) is 0. The predicted molar refractivity (Wildman–Crippen MR) is 70.7 cm³/mol. The van der Waals surface area contributed by atoms with E-state index in [-0.39, 0.29) is 0 Å². The molecule has 1 aromatic heterocycles. The maximum absolute atomic E-state index is 11.1. The zero-order valence-corrected chi connectivity index (χ0v) is 10.7. The van der Waals surface area contributed by atoms with E-state index >= 15 is 0 Å². The van der Waals surface area contributed by atoms with Gasteiger partial charge < -0.3 is 5.11 Å². The van der Waals surface area contributed by atoms with E-state index in [0.717, 1.165) is 30.6 Å². The molecule has 3 atom stereocenters. The third kappa shape index (κ3) is 1.56. The van der Waals surface area contributed by atoms with Gasteiger partial charge in [0.1, 0.15) is 5.60 Å². The van der Waals surface area contributed by atoms with Crippen LogP contribution in [0.1, 0.15) is 31.4 Å². The number of fused-ring (bicyclic) bond motifs is 2. The lowest BCUT2D eigenvalue weighted by Gasteiger charge is -2.32. The normalized spacial score (nSPS) is 32.9. The summed E-state index contributed by atoms with van der Waals surface area (Å²) in [6, 6.07) is 9.92. The van der Waals surface area contributed by atoms with Gasteiger partial charge in [-0.2, -0.15) is 0 Å². The van der Waals surface area contributed by atoms with Crippen LogP contribution >= 0.6 is 0 Å². The Labute approximate surface area is 112 Å². The molecule has 4 nitrogen and oxygen atoms in total. The zero-order chi connectivity index (χ0) is 12.9. The Bertz CT molecular complexity index is 594. The van der Waals surface area contributed by atoms with E-state index in [4.69, 9.17) is 0 Å². The van der Waals surface area contributed by atoms with Crippen molar-refractivity contribution in [3.05, 3.63) is 42.2 Å².